The van der Waals surface area contributed by atoms with Crippen LogP contribution in [0.15, 0.2) is 24.3 Å². The number of Topliss-reactive ketones (excluding diaryl/α,β-unsaturated/α-hetero) is 1. The van der Waals surface area contributed by atoms with Gasteiger partial charge in [0.2, 0.25) is 0 Å². The molecule has 112 valence electrons. The minimum atomic E-state index is -0.899. The van der Waals surface area contributed by atoms with Crippen molar-refractivity contribution in [3.63, 3.8) is 0 Å². The summed E-state index contributed by atoms with van der Waals surface area (Å²) >= 11 is 0. The van der Waals surface area contributed by atoms with E-state index in [-0.39, 0.29) is 22.5 Å². The maximum Gasteiger partial charge on any atom is 0.170 e. The minimum Gasteiger partial charge on any atom is -0.505 e. The van der Waals surface area contributed by atoms with Crippen LogP contribution in [-0.2, 0) is 6.42 Å². The third kappa shape index (κ3) is 1.85. The number of hydrogen-bond donors (Lipinski definition) is 1. The second-order valence-electron chi connectivity index (χ2n) is 6.08. The fourth-order valence-electron chi connectivity index (χ4n) is 3.17. The van der Waals surface area contributed by atoms with Crippen LogP contribution >= 0.6 is 0 Å². The molecule has 0 aliphatic heterocycles. The Balaban J connectivity index is 1.79. The monoisotopic (exact) mass is 301 g/mol. The van der Waals surface area contributed by atoms with Gasteiger partial charge in [-0.1, -0.05) is 0 Å². The summed E-state index contributed by atoms with van der Waals surface area (Å²) in [7, 11) is 0. The number of hydrogen-bond acceptors (Lipinski definition) is 3. The number of aromatic nitrogens is 1. The van der Waals surface area contributed by atoms with E-state index in [0.29, 0.717) is 17.7 Å². The molecule has 0 radical (unpaired) electrons. The highest BCUT2D eigenvalue weighted by atomic mass is 19.1. The molecule has 1 N–H and O–H groups in total. The van der Waals surface area contributed by atoms with Gasteiger partial charge in [-0.15, -0.1) is 0 Å². The Kier molecular flexibility index (Phi) is 2.64. The smallest absolute Gasteiger partial charge is 0.170 e. The van der Waals surface area contributed by atoms with Gasteiger partial charge in [-0.25, -0.2) is 8.78 Å². The standard InChI is InChI=1S/C17H13F2NO2/c18-11-8-15(21)12(19)7-10(11)13-2-1-9-14(20-13)3-4-17(5-6-17)16(9)22/h1-2,7-8,21H,3-6H2. The summed E-state index contributed by atoms with van der Waals surface area (Å²) in [6, 6.07) is 4.85. The average molecular weight is 301 g/mol. The molecule has 0 unspecified atom stereocenters. The van der Waals surface area contributed by atoms with E-state index in [9.17, 15) is 18.7 Å². The summed E-state index contributed by atoms with van der Waals surface area (Å²) in [5.74, 6) is -2.24. The summed E-state index contributed by atoms with van der Waals surface area (Å²) < 4.78 is 27.4. The summed E-state index contributed by atoms with van der Waals surface area (Å²) in [6.45, 7) is 0. The molecule has 1 spiro atoms. The quantitative estimate of drug-likeness (QED) is 0.875. The number of phenols is 1. The largest absolute Gasteiger partial charge is 0.505 e. The molecule has 1 saturated carbocycles. The van der Waals surface area contributed by atoms with Gasteiger partial charge in [-0.3, -0.25) is 9.78 Å². The molecule has 3 nitrogen and oxygen atoms in total. The molecule has 1 heterocycles. The Hall–Kier alpha value is -2.30. The lowest BCUT2D eigenvalue weighted by Gasteiger charge is -2.22. The Morgan fingerprint density at radius 2 is 1.82 bits per heavy atom. The van der Waals surface area contributed by atoms with Crippen LogP contribution in [-0.4, -0.2) is 15.9 Å². The van der Waals surface area contributed by atoms with Crippen LogP contribution in [0.1, 0.15) is 35.3 Å². The minimum absolute atomic E-state index is 0.0164. The van der Waals surface area contributed by atoms with Crippen LogP contribution < -0.4 is 0 Å². The third-order valence-electron chi connectivity index (χ3n) is 4.71. The van der Waals surface area contributed by atoms with Gasteiger partial charge in [-0.05, 0) is 43.9 Å². The molecule has 0 saturated heterocycles. The molecule has 22 heavy (non-hydrogen) atoms. The van der Waals surface area contributed by atoms with E-state index in [1.54, 1.807) is 6.07 Å². The maximum absolute atomic E-state index is 13.9. The topological polar surface area (TPSA) is 50.2 Å². The van der Waals surface area contributed by atoms with Crippen molar-refractivity contribution < 1.29 is 18.7 Å². The van der Waals surface area contributed by atoms with Crippen molar-refractivity contribution in [3.8, 4) is 17.0 Å². The Morgan fingerprint density at radius 3 is 2.55 bits per heavy atom. The van der Waals surface area contributed by atoms with Crippen LogP contribution in [0.3, 0.4) is 0 Å². The molecule has 4 rings (SSSR count). The number of aryl methyl sites for hydroxylation is 1. The Morgan fingerprint density at radius 1 is 1.05 bits per heavy atom. The normalized spacial score (nSPS) is 18.4. The molecular formula is C17H13F2NO2. The van der Waals surface area contributed by atoms with Gasteiger partial charge in [0.05, 0.1) is 11.4 Å². The van der Waals surface area contributed by atoms with Crippen LogP contribution in [0.2, 0.25) is 0 Å². The zero-order valence-corrected chi connectivity index (χ0v) is 11.7. The van der Waals surface area contributed by atoms with Gasteiger partial charge in [0.1, 0.15) is 5.82 Å². The van der Waals surface area contributed by atoms with Gasteiger partial charge in [0.15, 0.2) is 17.3 Å². The molecule has 5 heteroatoms. The predicted molar refractivity (Wildman–Crippen MR) is 75.6 cm³/mol. The van der Waals surface area contributed by atoms with Crippen LogP contribution in [0.4, 0.5) is 8.78 Å². The molecular weight excluding hydrogens is 288 g/mol. The van der Waals surface area contributed by atoms with E-state index >= 15 is 0 Å². The molecule has 1 fully saturated rings. The Labute approximate surface area is 125 Å². The lowest BCUT2D eigenvalue weighted by Crippen LogP contribution is -2.24. The van der Waals surface area contributed by atoms with E-state index in [0.717, 1.165) is 31.4 Å². The fraction of sp³-hybridized carbons (Fsp3) is 0.294. The second kappa shape index (κ2) is 4.35. The molecule has 0 atom stereocenters. The van der Waals surface area contributed by atoms with E-state index in [1.807, 2.05) is 0 Å². The highest BCUT2D eigenvalue weighted by Gasteiger charge is 2.52. The first-order valence-electron chi connectivity index (χ1n) is 7.23. The molecule has 0 bridgehead atoms. The van der Waals surface area contributed by atoms with E-state index < -0.39 is 17.4 Å². The fourth-order valence-corrected chi connectivity index (χ4v) is 3.17. The highest BCUT2D eigenvalue weighted by Crippen LogP contribution is 2.54. The number of fused-ring (bicyclic) bond motifs is 1. The van der Waals surface area contributed by atoms with Gasteiger partial charge in [-0.2, -0.15) is 0 Å². The van der Waals surface area contributed by atoms with Crippen molar-refractivity contribution in [2.75, 3.05) is 0 Å². The average Bonchev–Trinajstić information content (AvgIpc) is 3.28. The van der Waals surface area contributed by atoms with Gasteiger partial charge in [0, 0.05) is 22.6 Å². The van der Waals surface area contributed by atoms with E-state index in [4.69, 9.17) is 0 Å². The summed E-state index contributed by atoms with van der Waals surface area (Å²) in [5.41, 5.74) is 1.33. The van der Waals surface area contributed by atoms with Crippen molar-refractivity contribution in [3.05, 3.63) is 47.2 Å². The molecule has 1 aromatic carbocycles. The molecule has 2 aliphatic carbocycles. The lowest BCUT2D eigenvalue weighted by molar-refractivity contribution is 0.0879. The summed E-state index contributed by atoms with van der Waals surface area (Å²) in [5, 5.41) is 9.18. The molecule has 2 aromatic rings. The number of rotatable bonds is 1. The van der Waals surface area contributed by atoms with Crippen molar-refractivity contribution in [1.82, 2.24) is 4.98 Å². The number of carbonyl (C=O) groups excluding carboxylic acids is 1. The number of pyridine rings is 1. The number of aromatic hydroxyl groups is 1. The van der Waals surface area contributed by atoms with Gasteiger partial charge >= 0.3 is 0 Å². The number of phenolic OH excluding ortho intramolecular Hbond substituents is 1. The number of nitrogens with zero attached hydrogens (tertiary/aromatic N) is 1. The molecule has 1 aromatic heterocycles. The van der Waals surface area contributed by atoms with E-state index in [1.165, 1.54) is 6.07 Å². The number of ketones is 1. The van der Waals surface area contributed by atoms with Crippen LogP contribution in [0, 0.1) is 17.0 Å². The maximum atomic E-state index is 13.9. The summed E-state index contributed by atoms with van der Waals surface area (Å²) in [4.78, 5) is 16.8. The first kappa shape index (κ1) is 13.4. The van der Waals surface area contributed by atoms with Crippen LogP contribution in [0.5, 0.6) is 5.75 Å². The van der Waals surface area contributed by atoms with E-state index in [2.05, 4.69) is 4.98 Å². The number of benzene rings is 1. The zero-order chi connectivity index (χ0) is 15.5. The molecule has 0 amide bonds. The summed E-state index contributed by atoms with van der Waals surface area (Å²) in [6.07, 6.45) is 3.33. The highest BCUT2D eigenvalue weighted by molar-refractivity contribution is 6.04. The third-order valence-corrected chi connectivity index (χ3v) is 4.71. The first-order chi connectivity index (χ1) is 10.5. The second-order valence-corrected chi connectivity index (χ2v) is 6.08. The van der Waals surface area contributed by atoms with Gasteiger partial charge in [0.25, 0.3) is 0 Å². The Bertz CT molecular complexity index is 813. The number of halogens is 2. The van der Waals surface area contributed by atoms with Crippen molar-refractivity contribution in [1.29, 1.82) is 0 Å². The van der Waals surface area contributed by atoms with Crippen molar-refractivity contribution >= 4 is 5.78 Å². The SMILES string of the molecule is O=C1c2ccc(-c3cc(F)c(O)cc3F)nc2CCC12CC2. The van der Waals surface area contributed by atoms with Crippen molar-refractivity contribution in [2.45, 2.75) is 25.7 Å². The zero-order valence-electron chi connectivity index (χ0n) is 11.7. The van der Waals surface area contributed by atoms with Crippen LogP contribution in [0.25, 0.3) is 11.3 Å². The molecule has 2 aliphatic rings. The lowest BCUT2D eigenvalue weighted by atomic mass is 9.82. The predicted octanol–water partition coefficient (Wildman–Crippen LogP) is 3.64. The van der Waals surface area contributed by atoms with Gasteiger partial charge < -0.3 is 5.11 Å². The van der Waals surface area contributed by atoms with Crippen molar-refractivity contribution in [2.24, 2.45) is 5.41 Å². The first-order valence-corrected chi connectivity index (χ1v) is 7.23. The number of carbonyl (C=O) groups is 1.